The Kier molecular flexibility index (Phi) is 4.08. The van der Waals surface area contributed by atoms with Gasteiger partial charge in [0.1, 0.15) is 11.3 Å². The summed E-state index contributed by atoms with van der Waals surface area (Å²) in [5.74, 6) is 1.35. The van der Waals surface area contributed by atoms with Crippen LogP contribution in [-0.2, 0) is 0 Å². The minimum absolute atomic E-state index is 0.140. The van der Waals surface area contributed by atoms with E-state index in [1.54, 1.807) is 0 Å². The van der Waals surface area contributed by atoms with Gasteiger partial charge >= 0.3 is 0 Å². The first-order valence-corrected chi connectivity index (χ1v) is 7.64. The first-order valence-electron chi connectivity index (χ1n) is 7.64. The van der Waals surface area contributed by atoms with Gasteiger partial charge in [-0.25, -0.2) is 0 Å². The van der Waals surface area contributed by atoms with Gasteiger partial charge in [0.25, 0.3) is 0 Å². The Morgan fingerprint density at radius 1 is 1.30 bits per heavy atom. The van der Waals surface area contributed by atoms with Gasteiger partial charge < -0.3 is 14.8 Å². The fourth-order valence-corrected chi connectivity index (χ4v) is 3.07. The molecule has 1 fully saturated rings. The van der Waals surface area contributed by atoms with Crippen molar-refractivity contribution in [2.45, 2.75) is 44.8 Å². The zero-order valence-electron chi connectivity index (χ0n) is 12.0. The lowest BCUT2D eigenvalue weighted by molar-refractivity contribution is 0.0680. The Bertz CT molecular complexity index is 530. The fourth-order valence-electron chi connectivity index (χ4n) is 3.07. The van der Waals surface area contributed by atoms with E-state index in [1.165, 1.54) is 6.42 Å². The van der Waals surface area contributed by atoms with Gasteiger partial charge in [-0.3, -0.25) is 0 Å². The van der Waals surface area contributed by atoms with Crippen molar-refractivity contribution < 1.29 is 9.52 Å². The molecule has 1 saturated carbocycles. The molecular formula is C17H23NO2. The molecule has 1 aromatic heterocycles. The second kappa shape index (κ2) is 5.98. The fraction of sp³-hybridized carbons (Fsp3) is 0.529. The summed E-state index contributed by atoms with van der Waals surface area (Å²) >= 11 is 0. The molecule has 0 amide bonds. The first-order chi connectivity index (χ1) is 9.74. The van der Waals surface area contributed by atoms with Gasteiger partial charge in [0, 0.05) is 11.9 Å². The van der Waals surface area contributed by atoms with E-state index in [9.17, 15) is 5.11 Å². The average molecular weight is 273 g/mol. The van der Waals surface area contributed by atoms with Gasteiger partial charge in [0.2, 0.25) is 0 Å². The highest BCUT2D eigenvalue weighted by molar-refractivity contribution is 5.77. The molecule has 3 rings (SSSR count). The van der Waals surface area contributed by atoms with E-state index in [4.69, 9.17) is 4.42 Å². The number of benzene rings is 1. The average Bonchev–Trinajstić information content (AvgIpc) is 2.90. The van der Waals surface area contributed by atoms with Gasteiger partial charge in [0.05, 0.1) is 12.1 Å². The summed E-state index contributed by atoms with van der Waals surface area (Å²) in [6, 6.07) is 10.4. The first kappa shape index (κ1) is 13.7. The summed E-state index contributed by atoms with van der Waals surface area (Å²) in [5.41, 5.74) is 0.939. The molecule has 0 spiro atoms. The Hall–Kier alpha value is -1.32. The maximum Gasteiger partial charge on any atom is 0.134 e. The van der Waals surface area contributed by atoms with Crippen LogP contribution >= 0.6 is 0 Å². The lowest BCUT2D eigenvalue weighted by Gasteiger charge is -2.28. The molecule has 2 N–H and O–H groups in total. The minimum atomic E-state index is -0.140. The predicted octanol–water partition coefficient (Wildman–Crippen LogP) is 3.63. The molecule has 20 heavy (non-hydrogen) atoms. The number of furan rings is 1. The van der Waals surface area contributed by atoms with Crippen molar-refractivity contribution >= 4 is 11.0 Å². The van der Waals surface area contributed by atoms with Crippen LogP contribution in [0.3, 0.4) is 0 Å². The van der Waals surface area contributed by atoms with Crippen LogP contribution in [0.2, 0.25) is 0 Å². The normalized spacial score (nSPS) is 24.9. The SMILES string of the molecule is CC(NCC1CCCCC1O)c1cc2ccccc2o1. The number of hydrogen-bond donors (Lipinski definition) is 2. The molecule has 1 aliphatic rings. The third kappa shape index (κ3) is 2.89. The van der Waals surface area contributed by atoms with Crippen LogP contribution in [0.15, 0.2) is 34.7 Å². The van der Waals surface area contributed by atoms with Crippen LogP contribution in [0.5, 0.6) is 0 Å². The molecule has 1 aliphatic carbocycles. The van der Waals surface area contributed by atoms with Crippen LogP contribution in [-0.4, -0.2) is 17.8 Å². The third-order valence-electron chi connectivity index (χ3n) is 4.43. The van der Waals surface area contributed by atoms with E-state index in [0.717, 1.165) is 42.5 Å². The lowest BCUT2D eigenvalue weighted by Crippen LogP contribution is -2.34. The monoisotopic (exact) mass is 273 g/mol. The zero-order valence-corrected chi connectivity index (χ0v) is 12.0. The highest BCUT2D eigenvalue weighted by Crippen LogP contribution is 2.26. The molecule has 0 aliphatic heterocycles. The van der Waals surface area contributed by atoms with E-state index in [1.807, 2.05) is 18.2 Å². The molecule has 3 nitrogen and oxygen atoms in total. The summed E-state index contributed by atoms with van der Waals surface area (Å²) in [7, 11) is 0. The summed E-state index contributed by atoms with van der Waals surface area (Å²) in [5, 5.41) is 14.7. The number of fused-ring (bicyclic) bond motifs is 1. The van der Waals surface area contributed by atoms with Crippen molar-refractivity contribution in [2.24, 2.45) is 5.92 Å². The van der Waals surface area contributed by atoms with Crippen molar-refractivity contribution in [3.63, 3.8) is 0 Å². The topological polar surface area (TPSA) is 45.4 Å². The van der Waals surface area contributed by atoms with Crippen molar-refractivity contribution in [1.29, 1.82) is 0 Å². The summed E-state index contributed by atoms with van der Waals surface area (Å²) in [6.07, 6.45) is 4.34. The highest BCUT2D eigenvalue weighted by atomic mass is 16.3. The number of hydrogen-bond acceptors (Lipinski definition) is 3. The quantitative estimate of drug-likeness (QED) is 0.894. The van der Waals surface area contributed by atoms with E-state index < -0.39 is 0 Å². The number of aliphatic hydroxyl groups excluding tert-OH is 1. The molecular weight excluding hydrogens is 250 g/mol. The molecule has 2 aromatic rings. The van der Waals surface area contributed by atoms with E-state index >= 15 is 0 Å². The largest absolute Gasteiger partial charge is 0.459 e. The molecule has 0 radical (unpaired) electrons. The Balaban J connectivity index is 1.62. The Labute approximate surface area is 120 Å². The van der Waals surface area contributed by atoms with Crippen LogP contribution in [0.25, 0.3) is 11.0 Å². The van der Waals surface area contributed by atoms with Crippen molar-refractivity contribution in [2.75, 3.05) is 6.54 Å². The minimum Gasteiger partial charge on any atom is -0.459 e. The maximum atomic E-state index is 10.0. The van der Waals surface area contributed by atoms with Crippen molar-refractivity contribution in [3.05, 3.63) is 36.1 Å². The zero-order chi connectivity index (χ0) is 13.9. The Morgan fingerprint density at radius 3 is 2.90 bits per heavy atom. The number of aliphatic hydroxyl groups is 1. The molecule has 1 heterocycles. The van der Waals surface area contributed by atoms with E-state index in [2.05, 4.69) is 24.4 Å². The third-order valence-corrected chi connectivity index (χ3v) is 4.43. The molecule has 3 heteroatoms. The summed E-state index contributed by atoms with van der Waals surface area (Å²) in [4.78, 5) is 0. The number of para-hydroxylation sites is 1. The smallest absolute Gasteiger partial charge is 0.134 e. The molecule has 108 valence electrons. The van der Waals surface area contributed by atoms with Crippen molar-refractivity contribution in [3.8, 4) is 0 Å². The summed E-state index contributed by atoms with van der Waals surface area (Å²) in [6.45, 7) is 2.98. The van der Waals surface area contributed by atoms with Crippen LogP contribution in [0.4, 0.5) is 0 Å². The van der Waals surface area contributed by atoms with Crippen LogP contribution in [0, 0.1) is 5.92 Å². The highest BCUT2D eigenvalue weighted by Gasteiger charge is 2.23. The van der Waals surface area contributed by atoms with Gasteiger partial charge in [0.15, 0.2) is 0 Å². The molecule has 3 unspecified atom stereocenters. The lowest BCUT2D eigenvalue weighted by atomic mass is 9.86. The van der Waals surface area contributed by atoms with Crippen LogP contribution in [0.1, 0.15) is 44.4 Å². The predicted molar refractivity (Wildman–Crippen MR) is 80.6 cm³/mol. The van der Waals surface area contributed by atoms with Gasteiger partial charge in [-0.2, -0.15) is 0 Å². The maximum absolute atomic E-state index is 10.0. The van der Waals surface area contributed by atoms with Crippen LogP contribution < -0.4 is 5.32 Å². The Morgan fingerprint density at radius 2 is 2.10 bits per heavy atom. The van der Waals surface area contributed by atoms with Crippen molar-refractivity contribution in [1.82, 2.24) is 5.32 Å². The molecule has 0 bridgehead atoms. The van der Waals surface area contributed by atoms with Gasteiger partial charge in [-0.05, 0) is 37.8 Å². The standard InChI is InChI=1S/C17H23NO2/c1-12(18-11-14-7-2-4-8-15(14)19)17-10-13-6-3-5-9-16(13)20-17/h3,5-6,9-10,12,14-15,18-19H,2,4,7-8,11H2,1H3. The molecule has 3 atom stereocenters. The molecule has 1 aromatic carbocycles. The second-order valence-corrected chi connectivity index (χ2v) is 5.93. The number of nitrogens with one attached hydrogen (secondary N) is 1. The molecule has 0 saturated heterocycles. The van der Waals surface area contributed by atoms with E-state index in [0.29, 0.717) is 5.92 Å². The summed E-state index contributed by atoms with van der Waals surface area (Å²) < 4.78 is 5.87. The van der Waals surface area contributed by atoms with E-state index in [-0.39, 0.29) is 12.1 Å². The second-order valence-electron chi connectivity index (χ2n) is 5.93. The number of rotatable bonds is 4. The van der Waals surface area contributed by atoms with Gasteiger partial charge in [-0.1, -0.05) is 31.0 Å². The van der Waals surface area contributed by atoms with Gasteiger partial charge in [-0.15, -0.1) is 0 Å².